The summed E-state index contributed by atoms with van der Waals surface area (Å²) in [7, 11) is 0. The molecule has 0 spiro atoms. The zero-order chi connectivity index (χ0) is 12.3. The van der Waals surface area contributed by atoms with Gasteiger partial charge in [-0.05, 0) is 6.26 Å². The van der Waals surface area contributed by atoms with Crippen LogP contribution in [0.15, 0.2) is 17.3 Å². The van der Waals surface area contributed by atoms with Crippen LogP contribution in [0.4, 0.5) is 10.7 Å². The molecule has 0 atom stereocenters. The van der Waals surface area contributed by atoms with E-state index in [1.807, 2.05) is 12.5 Å². The average molecular weight is 265 g/mol. The van der Waals surface area contributed by atoms with E-state index in [0.717, 1.165) is 15.5 Å². The van der Waals surface area contributed by atoms with E-state index in [-0.39, 0.29) is 0 Å². The molecule has 0 bridgehead atoms. The number of aromatic nitrogens is 2. The normalized spacial score (nSPS) is 10.1. The van der Waals surface area contributed by atoms with Crippen molar-refractivity contribution in [2.45, 2.75) is 11.4 Å². The van der Waals surface area contributed by atoms with Gasteiger partial charge >= 0.3 is 0 Å². The van der Waals surface area contributed by atoms with E-state index in [9.17, 15) is 0 Å². The van der Waals surface area contributed by atoms with Crippen molar-refractivity contribution in [3.63, 3.8) is 0 Å². The van der Waals surface area contributed by atoms with E-state index in [1.165, 1.54) is 11.3 Å². The van der Waals surface area contributed by atoms with Gasteiger partial charge in [-0.3, -0.25) is 5.10 Å². The summed E-state index contributed by atoms with van der Waals surface area (Å²) in [5, 5.41) is 19.8. The van der Waals surface area contributed by atoms with Crippen molar-refractivity contribution in [1.82, 2.24) is 10.2 Å². The van der Waals surface area contributed by atoms with Gasteiger partial charge in [0.05, 0.1) is 16.8 Å². The number of aromatic amines is 1. The van der Waals surface area contributed by atoms with Crippen LogP contribution in [0, 0.1) is 11.3 Å². The first kappa shape index (κ1) is 11.8. The lowest BCUT2D eigenvalue weighted by Crippen LogP contribution is -1.97. The number of nitrogen functional groups attached to an aromatic ring is 1. The third kappa shape index (κ3) is 2.38. The fraction of sp³-hybridized carbons (Fsp3) is 0.200. The Morgan fingerprint density at radius 1 is 1.71 bits per heavy atom. The number of hydrogen-bond donors (Lipinski definition) is 3. The molecule has 0 aliphatic carbocycles. The molecule has 0 aliphatic rings. The van der Waals surface area contributed by atoms with Crippen LogP contribution in [0.2, 0.25) is 0 Å². The fourth-order valence-electron chi connectivity index (χ4n) is 1.39. The first-order valence-electron chi connectivity index (χ1n) is 4.84. The quantitative estimate of drug-likeness (QED) is 0.738. The summed E-state index contributed by atoms with van der Waals surface area (Å²) in [5.74, 6) is 0. The molecule has 0 saturated carbocycles. The minimum atomic E-state index is 0.559. The highest BCUT2D eigenvalue weighted by Crippen LogP contribution is 2.41. The summed E-state index contributed by atoms with van der Waals surface area (Å²) in [4.78, 5) is 1.50. The molecule has 2 rings (SSSR count). The molecule has 4 N–H and O–H groups in total. The van der Waals surface area contributed by atoms with Crippen molar-refractivity contribution in [2.75, 3.05) is 17.3 Å². The Morgan fingerprint density at radius 2 is 2.53 bits per heavy atom. The number of anilines is 2. The summed E-state index contributed by atoms with van der Waals surface area (Å²) in [6.45, 7) is 0.662. The highest BCUT2D eigenvalue weighted by atomic mass is 32.2. The van der Waals surface area contributed by atoms with Gasteiger partial charge in [-0.25, -0.2) is 0 Å². The molecule has 0 unspecified atom stereocenters. The van der Waals surface area contributed by atoms with Crippen LogP contribution >= 0.6 is 23.1 Å². The molecule has 7 heteroatoms. The van der Waals surface area contributed by atoms with Crippen LogP contribution < -0.4 is 11.1 Å². The minimum Gasteiger partial charge on any atom is -0.396 e. The van der Waals surface area contributed by atoms with Crippen LogP contribution in [0.3, 0.4) is 0 Å². The van der Waals surface area contributed by atoms with Crippen molar-refractivity contribution in [1.29, 1.82) is 5.26 Å². The predicted molar refractivity (Wildman–Crippen MR) is 71.1 cm³/mol. The van der Waals surface area contributed by atoms with Gasteiger partial charge in [-0.2, -0.15) is 10.4 Å². The number of nitrogens with one attached hydrogen (secondary N) is 2. The number of nitriles is 1. The number of H-pyrrole nitrogens is 1. The average Bonchev–Trinajstić information content (AvgIpc) is 2.94. The Hall–Kier alpha value is -1.65. The van der Waals surface area contributed by atoms with E-state index in [2.05, 4.69) is 21.6 Å². The predicted octanol–water partition coefficient (Wildman–Crippen LogP) is 2.26. The van der Waals surface area contributed by atoms with Gasteiger partial charge in [-0.15, -0.1) is 23.1 Å². The largest absolute Gasteiger partial charge is 0.396 e. The second-order valence-corrected chi connectivity index (χ2v) is 5.12. The van der Waals surface area contributed by atoms with E-state index in [0.29, 0.717) is 17.1 Å². The maximum Gasteiger partial charge on any atom is 0.131 e. The summed E-state index contributed by atoms with van der Waals surface area (Å²) in [5.41, 5.74) is 7.51. The third-order valence-electron chi connectivity index (χ3n) is 2.21. The van der Waals surface area contributed by atoms with E-state index < -0.39 is 0 Å². The molecule has 0 saturated heterocycles. The number of nitrogens with zero attached hydrogens (tertiary/aromatic N) is 2. The number of thiophene rings is 1. The molecule has 5 nitrogen and oxygen atoms in total. The third-order valence-corrected chi connectivity index (χ3v) is 4.24. The summed E-state index contributed by atoms with van der Waals surface area (Å²) in [6, 6.07) is 2.11. The van der Waals surface area contributed by atoms with E-state index in [4.69, 9.17) is 11.0 Å². The lowest BCUT2D eigenvalue weighted by atomic mass is 10.3. The Morgan fingerprint density at radius 3 is 3.12 bits per heavy atom. The standard InChI is InChI=1S/C10H11N5S2/c1-16-9-8(12)7(2-11)17-10(9)13-3-6-4-14-15-5-6/h4-5,13H,3,12H2,1H3,(H,14,15). The van der Waals surface area contributed by atoms with Gasteiger partial charge < -0.3 is 11.1 Å². The Bertz CT molecular complexity index is 538. The van der Waals surface area contributed by atoms with Crippen molar-refractivity contribution >= 4 is 33.8 Å². The molecule has 2 heterocycles. The second-order valence-electron chi connectivity index (χ2n) is 3.28. The maximum atomic E-state index is 8.93. The fourth-order valence-corrected chi connectivity index (χ4v) is 3.22. The van der Waals surface area contributed by atoms with Gasteiger partial charge in [0.15, 0.2) is 0 Å². The Kier molecular flexibility index (Phi) is 3.56. The van der Waals surface area contributed by atoms with Crippen molar-refractivity contribution < 1.29 is 0 Å². The second kappa shape index (κ2) is 5.12. The molecular weight excluding hydrogens is 254 g/mol. The zero-order valence-corrected chi connectivity index (χ0v) is 10.8. The lowest BCUT2D eigenvalue weighted by molar-refractivity contribution is 1.09. The Balaban J connectivity index is 2.18. The van der Waals surface area contributed by atoms with E-state index in [1.54, 1.807) is 18.0 Å². The van der Waals surface area contributed by atoms with Crippen LogP contribution in [-0.2, 0) is 6.54 Å². The maximum absolute atomic E-state index is 8.93. The number of rotatable bonds is 4. The molecular formula is C10H11N5S2. The topological polar surface area (TPSA) is 90.5 Å². The molecule has 2 aromatic rings. The molecule has 0 aromatic carbocycles. The van der Waals surface area contributed by atoms with E-state index >= 15 is 0 Å². The smallest absolute Gasteiger partial charge is 0.131 e. The highest BCUT2D eigenvalue weighted by Gasteiger charge is 2.14. The highest BCUT2D eigenvalue weighted by molar-refractivity contribution is 7.99. The van der Waals surface area contributed by atoms with Crippen LogP contribution in [0.5, 0.6) is 0 Å². The number of nitrogens with two attached hydrogens (primary N) is 1. The number of hydrogen-bond acceptors (Lipinski definition) is 6. The first-order chi connectivity index (χ1) is 8.26. The molecule has 0 radical (unpaired) electrons. The SMILES string of the molecule is CSc1c(NCc2cn[nH]c2)sc(C#N)c1N. The summed E-state index contributed by atoms with van der Waals surface area (Å²) in [6.07, 6.45) is 5.53. The summed E-state index contributed by atoms with van der Waals surface area (Å²) >= 11 is 2.93. The number of thioether (sulfide) groups is 1. The van der Waals surface area contributed by atoms with Gasteiger partial charge in [0.2, 0.25) is 0 Å². The first-order valence-corrected chi connectivity index (χ1v) is 6.88. The van der Waals surface area contributed by atoms with Gasteiger partial charge in [0.1, 0.15) is 15.9 Å². The monoisotopic (exact) mass is 265 g/mol. The molecule has 17 heavy (non-hydrogen) atoms. The van der Waals surface area contributed by atoms with Crippen molar-refractivity contribution in [3.8, 4) is 6.07 Å². The molecule has 88 valence electrons. The lowest BCUT2D eigenvalue weighted by Gasteiger charge is -2.04. The van der Waals surface area contributed by atoms with Crippen LogP contribution in [0.1, 0.15) is 10.4 Å². The van der Waals surface area contributed by atoms with Gasteiger partial charge in [0, 0.05) is 18.3 Å². The molecule has 0 amide bonds. The summed E-state index contributed by atoms with van der Waals surface area (Å²) < 4.78 is 0. The van der Waals surface area contributed by atoms with Crippen LogP contribution in [0.25, 0.3) is 0 Å². The molecule has 0 fully saturated rings. The molecule has 2 aromatic heterocycles. The molecule has 0 aliphatic heterocycles. The minimum absolute atomic E-state index is 0.559. The van der Waals surface area contributed by atoms with Crippen molar-refractivity contribution in [2.24, 2.45) is 0 Å². The van der Waals surface area contributed by atoms with Gasteiger partial charge in [-0.1, -0.05) is 0 Å². The van der Waals surface area contributed by atoms with Crippen LogP contribution in [-0.4, -0.2) is 16.5 Å². The van der Waals surface area contributed by atoms with Crippen molar-refractivity contribution in [3.05, 3.63) is 22.8 Å². The Labute approximate surface area is 107 Å². The van der Waals surface area contributed by atoms with Gasteiger partial charge in [0.25, 0.3) is 0 Å². The zero-order valence-electron chi connectivity index (χ0n) is 9.15.